The van der Waals surface area contributed by atoms with Gasteiger partial charge in [0.25, 0.3) is 0 Å². The van der Waals surface area contributed by atoms with Gasteiger partial charge in [-0.1, -0.05) is 34.6 Å². The topological polar surface area (TPSA) is 169 Å². The molecule has 0 aromatic rings. The number of aliphatic hydroxyl groups excluding tert-OH is 3. The van der Waals surface area contributed by atoms with Crippen LogP contribution in [0.15, 0.2) is 0 Å². The van der Waals surface area contributed by atoms with Crippen LogP contribution in [0.4, 0.5) is 0 Å². The number of nitrogens with zero attached hydrogens (tertiary/aromatic N) is 1. The number of carbonyl (C=O) groups excluding carboxylic acids is 1. The van der Waals surface area contributed by atoms with Crippen LogP contribution < -0.4 is 5.32 Å². The predicted molar refractivity (Wildman–Crippen MR) is 186 cm³/mol. The number of methoxy groups -OCH3 is 1. The Balaban J connectivity index is 1.83. The number of fused-ring (bicyclic) bond motifs is 2. The van der Waals surface area contributed by atoms with E-state index in [1.54, 1.807) is 27.9 Å². The molecule has 0 aromatic heterocycles. The summed E-state index contributed by atoms with van der Waals surface area (Å²) in [6.45, 7) is 18.6. The van der Waals surface area contributed by atoms with Gasteiger partial charge in [0.1, 0.15) is 17.8 Å². The summed E-state index contributed by atoms with van der Waals surface area (Å²) in [5, 5.41) is 49.1. The minimum atomic E-state index is -1.67. The first-order valence-electron chi connectivity index (χ1n) is 18.7. The highest BCUT2D eigenvalue weighted by molar-refractivity contribution is 5.79. The van der Waals surface area contributed by atoms with Crippen LogP contribution in [0.5, 0.6) is 0 Å². The summed E-state index contributed by atoms with van der Waals surface area (Å²) in [6.07, 6.45) is -6.07. The Bertz CT molecular complexity index is 1140. The van der Waals surface area contributed by atoms with Crippen LogP contribution in [-0.4, -0.2) is 143 Å². The van der Waals surface area contributed by atoms with E-state index in [9.17, 15) is 25.2 Å². The largest absolute Gasteiger partial charge is 0.390 e. The van der Waals surface area contributed by atoms with Gasteiger partial charge in [0.15, 0.2) is 12.6 Å². The molecule has 19 unspecified atom stereocenters. The minimum absolute atomic E-state index is 0.0368. The molecule has 4 rings (SSSR count). The summed E-state index contributed by atoms with van der Waals surface area (Å²) in [6, 6.07) is -0.983. The molecule has 4 aliphatic rings. The highest BCUT2D eigenvalue weighted by atomic mass is 16.7. The fraction of sp³-hybridized carbons (Fsp3) is 0.973. The lowest BCUT2D eigenvalue weighted by molar-refractivity contribution is -0.318. The molecule has 4 fully saturated rings. The summed E-state index contributed by atoms with van der Waals surface area (Å²) in [5.41, 5.74) is -3.61. The second-order valence-electron chi connectivity index (χ2n) is 16.9. The van der Waals surface area contributed by atoms with Crippen LogP contribution in [0.25, 0.3) is 0 Å². The van der Waals surface area contributed by atoms with Crippen LogP contribution >= 0.6 is 0 Å². The van der Waals surface area contributed by atoms with E-state index < -0.39 is 95.9 Å². The standard InChI is InChI=1S/C37H68N2O11/c1-14-25-37(10,44)30(41)20(4)28-18(2)16-36(9,50-28)32(49-34-27(40)24(39(11)12)15-19(3)46-34)21(5)29(22(6)33(43)38-25)48-26-17-35(8,45-13)31(42)23(7)47-26/h18-32,34,40-42,44H,14-17H2,1-13H3,(H,38,43). The molecule has 13 heteroatoms. The molecule has 19 atom stereocenters. The Morgan fingerprint density at radius 2 is 1.58 bits per heavy atom. The van der Waals surface area contributed by atoms with Crippen molar-refractivity contribution in [2.75, 3.05) is 21.2 Å². The van der Waals surface area contributed by atoms with Gasteiger partial charge < -0.3 is 59.1 Å². The third-order valence-electron chi connectivity index (χ3n) is 12.6. The summed E-state index contributed by atoms with van der Waals surface area (Å²) < 4.78 is 38.9. The maximum atomic E-state index is 14.2. The summed E-state index contributed by atoms with van der Waals surface area (Å²) in [5.74, 6) is -2.26. The molecular weight excluding hydrogens is 648 g/mol. The molecule has 5 N–H and O–H groups in total. The molecule has 13 nitrogen and oxygen atoms in total. The average molecular weight is 717 g/mol. The number of rotatable bonds is 7. The molecule has 0 spiro atoms. The predicted octanol–water partition coefficient (Wildman–Crippen LogP) is 2.20. The van der Waals surface area contributed by atoms with Gasteiger partial charge in [-0.3, -0.25) is 4.79 Å². The molecule has 4 aliphatic heterocycles. The zero-order chi connectivity index (χ0) is 37.7. The number of ether oxygens (including phenoxy) is 6. The SMILES string of the molecule is CCC1NC(=O)C(C)C(OC2CC(C)(OC)C(O)C(C)O2)C(C)C(OC2OC(C)CC(N(C)C)C2O)C2(C)CC(C)C(O2)C(C)C(O)C1(C)O. The zero-order valence-electron chi connectivity index (χ0n) is 32.7. The number of hydrogen-bond acceptors (Lipinski definition) is 12. The fourth-order valence-electron chi connectivity index (χ4n) is 9.33. The van der Waals surface area contributed by atoms with Crippen molar-refractivity contribution < 1.29 is 53.6 Å². The fourth-order valence-corrected chi connectivity index (χ4v) is 9.33. The average Bonchev–Trinajstić information content (AvgIpc) is 3.37. The molecule has 292 valence electrons. The van der Waals surface area contributed by atoms with Crippen molar-refractivity contribution in [3.05, 3.63) is 0 Å². The van der Waals surface area contributed by atoms with Crippen molar-refractivity contribution in [1.29, 1.82) is 0 Å². The smallest absolute Gasteiger partial charge is 0.225 e. The Hall–Kier alpha value is -0.970. The summed E-state index contributed by atoms with van der Waals surface area (Å²) in [7, 11) is 5.38. The number of aliphatic hydroxyl groups is 4. The molecule has 0 aromatic carbocycles. The third-order valence-corrected chi connectivity index (χ3v) is 12.6. The van der Waals surface area contributed by atoms with E-state index in [0.29, 0.717) is 19.3 Å². The van der Waals surface area contributed by atoms with E-state index in [-0.39, 0.29) is 30.4 Å². The molecule has 2 bridgehead atoms. The van der Waals surface area contributed by atoms with E-state index in [1.165, 1.54) is 0 Å². The summed E-state index contributed by atoms with van der Waals surface area (Å²) >= 11 is 0. The number of hydrogen-bond donors (Lipinski definition) is 5. The maximum Gasteiger partial charge on any atom is 0.225 e. The monoisotopic (exact) mass is 716 g/mol. The van der Waals surface area contributed by atoms with Crippen LogP contribution in [-0.2, 0) is 33.2 Å². The van der Waals surface area contributed by atoms with Crippen molar-refractivity contribution in [2.24, 2.45) is 23.7 Å². The molecule has 0 saturated carbocycles. The Labute approximate surface area is 299 Å². The lowest BCUT2D eigenvalue weighted by atomic mass is 9.75. The van der Waals surface area contributed by atoms with Gasteiger partial charge in [0, 0.05) is 31.4 Å². The lowest BCUT2D eigenvalue weighted by Crippen LogP contribution is -2.62. The van der Waals surface area contributed by atoms with Crippen molar-refractivity contribution >= 4 is 5.91 Å². The first-order chi connectivity index (χ1) is 23.1. The van der Waals surface area contributed by atoms with Gasteiger partial charge in [0.05, 0.1) is 59.8 Å². The highest BCUT2D eigenvalue weighted by Gasteiger charge is 2.57. The van der Waals surface area contributed by atoms with Crippen LogP contribution in [0.2, 0.25) is 0 Å². The molecular formula is C37H68N2O11. The number of carbonyl (C=O) groups is 1. The van der Waals surface area contributed by atoms with Crippen LogP contribution in [0, 0.1) is 23.7 Å². The van der Waals surface area contributed by atoms with E-state index in [4.69, 9.17) is 28.4 Å². The molecule has 4 heterocycles. The number of nitrogens with one attached hydrogen (secondary N) is 1. The lowest BCUT2D eigenvalue weighted by Gasteiger charge is -2.48. The number of amides is 1. The quantitative estimate of drug-likeness (QED) is 0.261. The van der Waals surface area contributed by atoms with Gasteiger partial charge in [-0.2, -0.15) is 0 Å². The zero-order valence-corrected chi connectivity index (χ0v) is 32.7. The van der Waals surface area contributed by atoms with E-state index >= 15 is 0 Å². The van der Waals surface area contributed by atoms with Gasteiger partial charge in [-0.05, 0) is 73.9 Å². The van der Waals surface area contributed by atoms with Crippen molar-refractivity contribution in [3.8, 4) is 0 Å². The second kappa shape index (κ2) is 15.8. The van der Waals surface area contributed by atoms with E-state index in [2.05, 4.69) is 12.2 Å². The Morgan fingerprint density at radius 3 is 2.16 bits per heavy atom. The van der Waals surface area contributed by atoms with Crippen molar-refractivity contribution in [3.63, 3.8) is 0 Å². The molecule has 50 heavy (non-hydrogen) atoms. The first kappa shape index (κ1) is 41.8. The molecule has 0 radical (unpaired) electrons. The van der Waals surface area contributed by atoms with Gasteiger partial charge in [0.2, 0.25) is 5.91 Å². The Kier molecular flexibility index (Phi) is 13.2. The molecule has 0 aliphatic carbocycles. The van der Waals surface area contributed by atoms with Crippen molar-refractivity contribution in [2.45, 2.75) is 185 Å². The first-order valence-corrected chi connectivity index (χ1v) is 18.7. The van der Waals surface area contributed by atoms with E-state index in [1.807, 2.05) is 60.5 Å². The number of likely N-dealkylation sites (N-methyl/N-ethyl adjacent to an activating group) is 1. The van der Waals surface area contributed by atoms with Gasteiger partial charge >= 0.3 is 0 Å². The van der Waals surface area contributed by atoms with Crippen LogP contribution in [0.1, 0.15) is 94.9 Å². The van der Waals surface area contributed by atoms with Crippen LogP contribution in [0.3, 0.4) is 0 Å². The molecule has 4 saturated heterocycles. The highest BCUT2D eigenvalue weighted by Crippen LogP contribution is 2.47. The van der Waals surface area contributed by atoms with E-state index in [0.717, 1.165) is 0 Å². The summed E-state index contributed by atoms with van der Waals surface area (Å²) in [4.78, 5) is 16.2. The Morgan fingerprint density at radius 1 is 0.940 bits per heavy atom. The second-order valence-corrected chi connectivity index (χ2v) is 16.9. The van der Waals surface area contributed by atoms with Crippen molar-refractivity contribution in [1.82, 2.24) is 10.2 Å². The maximum absolute atomic E-state index is 14.2. The van der Waals surface area contributed by atoms with Gasteiger partial charge in [-0.15, -0.1) is 0 Å². The third kappa shape index (κ3) is 8.08. The minimum Gasteiger partial charge on any atom is -0.390 e. The van der Waals surface area contributed by atoms with Gasteiger partial charge in [-0.25, -0.2) is 0 Å². The normalized spacial score (nSPS) is 52.6. The molecule has 1 amide bonds.